The molecule has 1 saturated heterocycles. The van der Waals surface area contributed by atoms with Crippen LogP contribution >= 0.6 is 11.6 Å². The van der Waals surface area contributed by atoms with E-state index in [1.807, 2.05) is 0 Å². The zero-order valence-electron chi connectivity index (χ0n) is 9.53. The lowest BCUT2D eigenvalue weighted by Crippen LogP contribution is -2.47. The Labute approximate surface area is 105 Å². The van der Waals surface area contributed by atoms with Crippen molar-refractivity contribution in [1.82, 2.24) is 4.90 Å². The summed E-state index contributed by atoms with van der Waals surface area (Å²) in [5, 5.41) is 0. The Balaban J connectivity index is 2.04. The van der Waals surface area contributed by atoms with Crippen molar-refractivity contribution in [3.05, 3.63) is 35.6 Å². The van der Waals surface area contributed by atoms with Gasteiger partial charge in [0.2, 0.25) is 0 Å². The van der Waals surface area contributed by atoms with Gasteiger partial charge in [0.05, 0.1) is 13.2 Å². The van der Waals surface area contributed by atoms with Gasteiger partial charge >= 0.3 is 0 Å². The molecule has 1 heterocycles. The second-order valence-electron chi connectivity index (χ2n) is 4.26. The van der Waals surface area contributed by atoms with Crippen molar-refractivity contribution in [3.63, 3.8) is 0 Å². The van der Waals surface area contributed by atoms with E-state index < -0.39 is 5.00 Å². The largest absolute Gasteiger partial charge is 0.379 e. The fraction of sp³-hybridized carbons (Fsp3) is 0.500. The molecular weight excluding hydrogens is 243 g/mol. The summed E-state index contributed by atoms with van der Waals surface area (Å²) in [5.41, 5.74) is 6.81. The van der Waals surface area contributed by atoms with Gasteiger partial charge in [0.1, 0.15) is 10.8 Å². The molecule has 0 spiro atoms. The van der Waals surface area contributed by atoms with Gasteiger partial charge in [-0.15, -0.1) is 0 Å². The van der Waals surface area contributed by atoms with Crippen molar-refractivity contribution in [1.29, 1.82) is 0 Å². The molecule has 1 aliphatic rings. The molecule has 1 fully saturated rings. The smallest absolute Gasteiger partial charge is 0.129 e. The second kappa shape index (κ2) is 5.31. The molecule has 2 rings (SSSR count). The maximum absolute atomic E-state index is 12.8. The zero-order chi connectivity index (χ0) is 12.3. The highest BCUT2D eigenvalue weighted by Crippen LogP contribution is 2.24. The number of hydrogen-bond donors (Lipinski definition) is 1. The molecule has 0 aromatic heterocycles. The van der Waals surface area contributed by atoms with Crippen LogP contribution in [0.2, 0.25) is 0 Å². The standard InChI is InChI=1S/C12H16ClFN2O/c13-12(15,9-16-5-7-17-8-6-16)10-1-3-11(14)4-2-10/h1-4H,5-9,15H2. The summed E-state index contributed by atoms with van der Waals surface area (Å²) in [6, 6.07) is 6.00. The Morgan fingerprint density at radius 2 is 1.88 bits per heavy atom. The fourth-order valence-corrected chi connectivity index (χ4v) is 2.20. The first-order valence-corrected chi connectivity index (χ1v) is 6.00. The molecule has 0 bridgehead atoms. The molecule has 1 atom stereocenters. The Kier molecular flexibility index (Phi) is 3.99. The number of benzene rings is 1. The van der Waals surface area contributed by atoms with E-state index in [0.29, 0.717) is 19.8 Å². The first kappa shape index (κ1) is 12.8. The van der Waals surface area contributed by atoms with E-state index in [2.05, 4.69) is 4.90 Å². The van der Waals surface area contributed by atoms with Crippen LogP contribution in [0.5, 0.6) is 0 Å². The van der Waals surface area contributed by atoms with E-state index in [9.17, 15) is 4.39 Å². The van der Waals surface area contributed by atoms with Crippen LogP contribution in [0.1, 0.15) is 5.56 Å². The quantitative estimate of drug-likeness (QED) is 0.660. The summed E-state index contributed by atoms with van der Waals surface area (Å²) in [7, 11) is 0. The molecule has 0 amide bonds. The highest BCUT2D eigenvalue weighted by Gasteiger charge is 2.28. The van der Waals surface area contributed by atoms with Crippen molar-refractivity contribution < 1.29 is 9.13 Å². The van der Waals surface area contributed by atoms with E-state index >= 15 is 0 Å². The van der Waals surface area contributed by atoms with E-state index in [-0.39, 0.29) is 5.82 Å². The Morgan fingerprint density at radius 3 is 2.47 bits per heavy atom. The molecule has 0 aliphatic carbocycles. The molecule has 5 heteroatoms. The van der Waals surface area contributed by atoms with E-state index in [1.54, 1.807) is 12.1 Å². The predicted octanol–water partition coefficient (Wildman–Crippen LogP) is 1.51. The van der Waals surface area contributed by atoms with E-state index in [1.165, 1.54) is 12.1 Å². The van der Waals surface area contributed by atoms with Gasteiger partial charge in [0.15, 0.2) is 0 Å². The fourth-order valence-electron chi connectivity index (χ4n) is 1.90. The van der Waals surface area contributed by atoms with Crippen LogP contribution in [-0.4, -0.2) is 37.7 Å². The SMILES string of the molecule is NC(Cl)(CN1CCOCC1)c1ccc(F)cc1. The highest BCUT2D eigenvalue weighted by molar-refractivity contribution is 6.23. The summed E-state index contributed by atoms with van der Waals surface area (Å²) >= 11 is 6.32. The van der Waals surface area contributed by atoms with Crippen molar-refractivity contribution in [2.45, 2.75) is 5.00 Å². The van der Waals surface area contributed by atoms with Crippen LogP contribution < -0.4 is 5.73 Å². The average molecular weight is 259 g/mol. The maximum atomic E-state index is 12.8. The predicted molar refractivity (Wildman–Crippen MR) is 65.4 cm³/mol. The number of rotatable bonds is 3. The van der Waals surface area contributed by atoms with Crippen molar-refractivity contribution in [2.75, 3.05) is 32.8 Å². The highest BCUT2D eigenvalue weighted by atomic mass is 35.5. The number of morpholine rings is 1. The van der Waals surface area contributed by atoms with Crippen LogP contribution in [0, 0.1) is 5.82 Å². The van der Waals surface area contributed by atoms with Crippen molar-refractivity contribution in [2.24, 2.45) is 5.73 Å². The Morgan fingerprint density at radius 1 is 1.29 bits per heavy atom. The normalized spacial score (nSPS) is 21.1. The molecule has 3 nitrogen and oxygen atoms in total. The van der Waals surface area contributed by atoms with Gasteiger partial charge in [0.25, 0.3) is 0 Å². The molecule has 2 N–H and O–H groups in total. The summed E-state index contributed by atoms with van der Waals surface area (Å²) in [4.78, 5) is 1.17. The molecule has 0 radical (unpaired) electrons. The van der Waals surface area contributed by atoms with Crippen LogP contribution in [0.25, 0.3) is 0 Å². The molecular formula is C12H16ClFN2O. The zero-order valence-corrected chi connectivity index (χ0v) is 10.3. The van der Waals surface area contributed by atoms with Crippen LogP contribution in [0.3, 0.4) is 0 Å². The maximum Gasteiger partial charge on any atom is 0.129 e. The minimum Gasteiger partial charge on any atom is -0.379 e. The minimum atomic E-state index is -0.981. The van der Waals surface area contributed by atoms with Gasteiger partial charge in [-0.2, -0.15) is 0 Å². The second-order valence-corrected chi connectivity index (χ2v) is 4.93. The molecule has 1 aliphatic heterocycles. The van der Waals surface area contributed by atoms with Gasteiger partial charge in [-0.3, -0.25) is 4.90 Å². The van der Waals surface area contributed by atoms with Gasteiger partial charge in [-0.05, 0) is 17.7 Å². The number of hydrogen-bond acceptors (Lipinski definition) is 3. The van der Waals surface area contributed by atoms with Crippen LogP contribution in [0.4, 0.5) is 4.39 Å². The van der Waals surface area contributed by atoms with Gasteiger partial charge in [0, 0.05) is 19.6 Å². The topological polar surface area (TPSA) is 38.5 Å². The number of nitrogens with two attached hydrogens (primary N) is 1. The summed E-state index contributed by atoms with van der Waals surface area (Å²) < 4.78 is 18.1. The Bertz CT molecular complexity index is 363. The van der Waals surface area contributed by atoms with Gasteiger partial charge in [-0.1, -0.05) is 23.7 Å². The molecule has 94 valence electrons. The summed E-state index contributed by atoms with van der Waals surface area (Å²) in [6.07, 6.45) is 0. The summed E-state index contributed by atoms with van der Waals surface area (Å²) in [5.74, 6) is -0.285. The lowest BCUT2D eigenvalue weighted by Gasteiger charge is -2.33. The van der Waals surface area contributed by atoms with Gasteiger partial charge < -0.3 is 10.5 Å². The lowest BCUT2D eigenvalue weighted by atomic mass is 10.1. The van der Waals surface area contributed by atoms with Crippen molar-refractivity contribution >= 4 is 11.6 Å². The third-order valence-corrected chi connectivity index (χ3v) is 3.22. The van der Waals surface area contributed by atoms with Gasteiger partial charge in [-0.25, -0.2) is 4.39 Å². The van der Waals surface area contributed by atoms with Crippen LogP contribution in [-0.2, 0) is 9.73 Å². The molecule has 0 saturated carbocycles. The third kappa shape index (κ3) is 3.39. The first-order chi connectivity index (χ1) is 8.08. The average Bonchev–Trinajstić information content (AvgIpc) is 2.30. The molecule has 1 aromatic rings. The number of ether oxygens (including phenoxy) is 1. The lowest BCUT2D eigenvalue weighted by molar-refractivity contribution is 0.0329. The molecule has 17 heavy (non-hydrogen) atoms. The minimum absolute atomic E-state index is 0.285. The monoisotopic (exact) mass is 258 g/mol. The molecule has 1 aromatic carbocycles. The summed E-state index contributed by atoms with van der Waals surface area (Å²) in [6.45, 7) is 3.59. The van der Waals surface area contributed by atoms with E-state index in [4.69, 9.17) is 22.1 Å². The molecule has 1 unspecified atom stereocenters. The number of nitrogens with zero attached hydrogens (tertiary/aromatic N) is 1. The van der Waals surface area contributed by atoms with Crippen LogP contribution in [0.15, 0.2) is 24.3 Å². The van der Waals surface area contributed by atoms with E-state index in [0.717, 1.165) is 18.7 Å². The number of alkyl halides is 1. The number of halogens is 2. The first-order valence-electron chi connectivity index (χ1n) is 5.62. The third-order valence-electron chi connectivity index (χ3n) is 2.88. The van der Waals surface area contributed by atoms with Crippen molar-refractivity contribution in [3.8, 4) is 0 Å². The Hall–Kier alpha value is -0.680.